The molecule has 0 amide bonds. The van der Waals surface area contributed by atoms with E-state index in [1.807, 2.05) is 26.0 Å². The normalized spacial score (nSPS) is 20.1. The van der Waals surface area contributed by atoms with Crippen molar-refractivity contribution < 1.29 is 9.84 Å². The number of phenols is 1. The summed E-state index contributed by atoms with van der Waals surface area (Å²) in [7, 11) is 0. The quantitative estimate of drug-likeness (QED) is 0.862. The van der Waals surface area contributed by atoms with Crippen LogP contribution in [0.25, 0.3) is 0 Å². The van der Waals surface area contributed by atoms with Crippen molar-refractivity contribution in [3.8, 4) is 11.5 Å². The van der Waals surface area contributed by atoms with Gasteiger partial charge in [-0.15, -0.1) is 0 Å². The number of rotatable bonds is 4. The van der Waals surface area contributed by atoms with Crippen molar-refractivity contribution in [1.29, 1.82) is 0 Å². The summed E-state index contributed by atoms with van der Waals surface area (Å²) < 4.78 is 5.78. The summed E-state index contributed by atoms with van der Waals surface area (Å²) in [5.41, 5.74) is 0.936. The van der Waals surface area contributed by atoms with E-state index in [-0.39, 0.29) is 6.10 Å². The molecule has 100 valence electrons. The molecule has 1 unspecified atom stereocenters. The molecule has 1 aliphatic rings. The molecule has 1 saturated heterocycles. The predicted octanol–water partition coefficient (Wildman–Crippen LogP) is 2.86. The van der Waals surface area contributed by atoms with Crippen LogP contribution in [0.3, 0.4) is 0 Å². The van der Waals surface area contributed by atoms with E-state index in [4.69, 9.17) is 4.74 Å². The molecular formula is C15H23NO2. The number of hydrogen-bond donors (Lipinski definition) is 2. The van der Waals surface area contributed by atoms with E-state index in [1.165, 1.54) is 19.3 Å². The van der Waals surface area contributed by atoms with Gasteiger partial charge in [0.05, 0.1) is 6.10 Å². The summed E-state index contributed by atoms with van der Waals surface area (Å²) in [4.78, 5) is 0. The van der Waals surface area contributed by atoms with E-state index in [0.29, 0.717) is 11.8 Å². The van der Waals surface area contributed by atoms with Gasteiger partial charge >= 0.3 is 0 Å². The third-order valence-corrected chi connectivity index (χ3v) is 3.33. The molecule has 0 aromatic heterocycles. The molecule has 1 aromatic carbocycles. The van der Waals surface area contributed by atoms with Gasteiger partial charge in [0.2, 0.25) is 0 Å². The Bertz CT molecular complexity index is 384. The number of hydrogen-bond acceptors (Lipinski definition) is 3. The van der Waals surface area contributed by atoms with Crippen LogP contribution in [-0.2, 0) is 6.42 Å². The smallest absolute Gasteiger partial charge is 0.126 e. The lowest BCUT2D eigenvalue weighted by Gasteiger charge is -2.25. The molecule has 1 heterocycles. The largest absolute Gasteiger partial charge is 0.508 e. The minimum atomic E-state index is 0.130. The SMILES string of the molecule is CC(C)Oc1cccc(O)c1CC1CCCCN1. The summed E-state index contributed by atoms with van der Waals surface area (Å²) in [5, 5.41) is 13.5. The molecular weight excluding hydrogens is 226 g/mol. The topological polar surface area (TPSA) is 41.5 Å². The van der Waals surface area contributed by atoms with Gasteiger partial charge in [-0.05, 0) is 51.8 Å². The van der Waals surface area contributed by atoms with Crippen LogP contribution in [0, 0.1) is 0 Å². The van der Waals surface area contributed by atoms with Crippen LogP contribution >= 0.6 is 0 Å². The first-order valence-corrected chi connectivity index (χ1v) is 6.87. The summed E-state index contributed by atoms with van der Waals surface area (Å²) >= 11 is 0. The van der Waals surface area contributed by atoms with E-state index < -0.39 is 0 Å². The van der Waals surface area contributed by atoms with Crippen molar-refractivity contribution in [3.05, 3.63) is 23.8 Å². The van der Waals surface area contributed by atoms with Crippen LogP contribution < -0.4 is 10.1 Å². The van der Waals surface area contributed by atoms with Gasteiger partial charge < -0.3 is 15.2 Å². The zero-order valence-corrected chi connectivity index (χ0v) is 11.3. The molecule has 0 bridgehead atoms. The fourth-order valence-corrected chi connectivity index (χ4v) is 2.47. The molecule has 1 atom stereocenters. The monoisotopic (exact) mass is 249 g/mol. The Kier molecular flexibility index (Phi) is 4.48. The highest BCUT2D eigenvalue weighted by Gasteiger charge is 2.18. The fourth-order valence-electron chi connectivity index (χ4n) is 2.47. The Morgan fingerprint density at radius 2 is 2.22 bits per heavy atom. The molecule has 0 aliphatic carbocycles. The van der Waals surface area contributed by atoms with E-state index in [1.54, 1.807) is 6.07 Å². The zero-order chi connectivity index (χ0) is 13.0. The molecule has 2 N–H and O–H groups in total. The van der Waals surface area contributed by atoms with Crippen LogP contribution in [0.4, 0.5) is 0 Å². The van der Waals surface area contributed by atoms with Crippen molar-refractivity contribution in [3.63, 3.8) is 0 Å². The van der Waals surface area contributed by atoms with Gasteiger partial charge in [-0.3, -0.25) is 0 Å². The maximum Gasteiger partial charge on any atom is 0.126 e. The minimum Gasteiger partial charge on any atom is -0.508 e. The highest BCUT2D eigenvalue weighted by molar-refractivity contribution is 5.44. The van der Waals surface area contributed by atoms with Gasteiger partial charge in [0, 0.05) is 11.6 Å². The summed E-state index contributed by atoms with van der Waals surface area (Å²) in [5.74, 6) is 1.16. The van der Waals surface area contributed by atoms with E-state index >= 15 is 0 Å². The highest BCUT2D eigenvalue weighted by Crippen LogP contribution is 2.30. The molecule has 0 saturated carbocycles. The van der Waals surface area contributed by atoms with Crippen LogP contribution in [0.2, 0.25) is 0 Å². The molecule has 3 nitrogen and oxygen atoms in total. The first-order valence-electron chi connectivity index (χ1n) is 6.87. The molecule has 3 heteroatoms. The average molecular weight is 249 g/mol. The Balaban J connectivity index is 2.13. The Labute approximate surface area is 109 Å². The second-order valence-corrected chi connectivity index (χ2v) is 5.27. The van der Waals surface area contributed by atoms with Crippen LogP contribution in [0.15, 0.2) is 18.2 Å². The number of benzene rings is 1. The third kappa shape index (κ3) is 3.39. The number of aromatic hydroxyl groups is 1. The lowest BCUT2D eigenvalue weighted by Crippen LogP contribution is -2.35. The first kappa shape index (κ1) is 13.2. The predicted molar refractivity (Wildman–Crippen MR) is 73.2 cm³/mol. The summed E-state index contributed by atoms with van der Waals surface area (Å²) in [6, 6.07) is 5.98. The van der Waals surface area contributed by atoms with Gasteiger partial charge in [0.1, 0.15) is 11.5 Å². The van der Waals surface area contributed by atoms with E-state index in [0.717, 1.165) is 24.3 Å². The number of ether oxygens (including phenoxy) is 1. The molecule has 2 rings (SSSR count). The molecule has 1 aromatic rings. The number of phenolic OH excluding ortho intramolecular Hbond substituents is 1. The lowest BCUT2D eigenvalue weighted by molar-refractivity contribution is 0.237. The molecule has 1 fully saturated rings. The Hall–Kier alpha value is -1.22. The number of nitrogens with one attached hydrogen (secondary N) is 1. The molecule has 0 radical (unpaired) electrons. The van der Waals surface area contributed by atoms with Crippen molar-refractivity contribution in [1.82, 2.24) is 5.32 Å². The average Bonchev–Trinajstić information content (AvgIpc) is 2.34. The lowest BCUT2D eigenvalue weighted by atomic mass is 9.96. The second kappa shape index (κ2) is 6.10. The van der Waals surface area contributed by atoms with E-state index in [2.05, 4.69) is 5.32 Å². The summed E-state index contributed by atoms with van der Waals surface area (Å²) in [6.07, 6.45) is 4.67. The molecule has 0 spiro atoms. The molecule has 1 aliphatic heterocycles. The first-order chi connectivity index (χ1) is 8.66. The van der Waals surface area contributed by atoms with Crippen molar-refractivity contribution in [2.75, 3.05) is 6.54 Å². The van der Waals surface area contributed by atoms with Gasteiger partial charge in [-0.2, -0.15) is 0 Å². The van der Waals surface area contributed by atoms with Crippen LogP contribution in [0.5, 0.6) is 11.5 Å². The van der Waals surface area contributed by atoms with Crippen molar-refractivity contribution >= 4 is 0 Å². The minimum absolute atomic E-state index is 0.130. The van der Waals surface area contributed by atoms with Gasteiger partial charge in [0.25, 0.3) is 0 Å². The summed E-state index contributed by atoms with van der Waals surface area (Å²) in [6.45, 7) is 5.10. The van der Waals surface area contributed by atoms with Gasteiger partial charge in [-0.25, -0.2) is 0 Å². The maximum atomic E-state index is 10.0. The van der Waals surface area contributed by atoms with Gasteiger partial charge in [-0.1, -0.05) is 12.5 Å². The number of piperidine rings is 1. The standard InChI is InChI=1S/C15H23NO2/c1-11(2)18-15-8-5-7-14(17)13(15)10-12-6-3-4-9-16-12/h5,7-8,11-12,16-17H,3-4,6,9-10H2,1-2H3. The van der Waals surface area contributed by atoms with Crippen LogP contribution in [0.1, 0.15) is 38.7 Å². The second-order valence-electron chi connectivity index (χ2n) is 5.27. The Morgan fingerprint density at radius 3 is 2.89 bits per heavy atom. The van der Waals surface area contributed by atoms with Crippen LogP contribution in [-0.4, -0.2) is 23.8 Å². The van der Waals surface area contributed by atoms with E-state index in [9.17, 15) is 5.11 Å². The molecule has 18 heavy (non-hydrogen) atoms. The fraction of sp³-hybridized carbons (Fsp3) is 0.600. The van der Waals surface area contributed by atoms with Crippen molar-refractivity contribution in [2.24, 2.45) is 0 Å². The highest BCUT2D eigenvalue weighted by atomic mass is 16.5. The van der Waals surface area contributed by atoms with Crippen molar-refractivity contribution in [2.45, 2.75) is 51.7 Å². The Morgan fingerprint density at radius 1 is 1.39 bits per heavy atom. The van der Waals surface area contributed by atoms with Gasteiger partial charge in [0.15, 0.2) is 0 Å². The maximum absolute atomic E-state index is 10.0. The zero-order valence-electron chi connectivity index (χ0n) is 11.3. The third-order valence-electron chi connectivity index (χ3n) is 3.33.